The monoisotopic (exact) mass is 500 g/mol. The standard InChI is InChI=1S/C28H24N2O5S/c1-4-35-18-12-10-17(11-13-18)25(31)23-24(19-7-5-6-8-21(19)34-3)30(27(33)26(23)32)28-29-20-14-9-16(2)15-22(20)36-28/h5-15,24,31H,4H2,1-3H3. The van der Waals surface area contributed by atoms with Crippen LogP contribution in [0.15, 0.2) is 72.3 Å². The van der Waals surface area contributed by atoms with Crippen LogP contribution in [0.25, 0.3) is 16.0 Å². The fraction of sp³-hybridized carbons (Fsp3) is 0.179. The van der Waals surface area contributed by atoms with Crippen molar-refractivity contribution in [3.05, 3.63) is 89.0 Å². The van der Waals surface area contributed by atoms with Crippen LogP contribution in [0, 0.1) is 6.92 Å². The number of Topliss-reactive ketones (excluding diaryl/α,β-unsaturated/α-hetero) is 1. The Morgan fingerprint density at radius 3 is 2.56 bits per heavy atom. The van der Waals surface area contributed by atoms with Gasteiger partial charge in [0.1, 0.15) is 23.3 Å². The number of aliphatic hydroxyl groups is 1. The van der Waals surface area contributed by atoms with Crippen molar-refractivity contribution < 1.29 is 24.2 Å². The Balaban J connectivity index is 1.71. The third kappa shape index (κ3) is 3.99. The van der Waals surface area contributed by atoms with Crippen molar-refractivity contribution in [2.24, 2.45) is 0 Å². The topological polar surface area (TPSA) is 89.0 Å². The van der Waals surface area contributed by atoms with Crippen LogP contribution < -0.4 is 14.4 Å². The summed E-state index contributed by atoms with van der Waals surface area (Å²) in [5.74, 6) is -0.682. The molecule has 36 heavy (non-hydrogen) atoms. The van der Waals surface area contributed by atoms with Gasteiger partial charge in [0.25, 0.3) is 5.78 Å². The number of methoxy groups -OCH3 is 1. The molecule has 3 aromatic carbocycles. The van der Waals surface area contributed by atoms with E-state index in [0.29, 0.717) is 34.4 Å². The van der Waals surface area contributed by atoms with Crippen molar-refractivity contribution in [1.82, 2.24) is 4.98 Å². The van der Waals surface area contributed by atoms with Gasteiger partial charge < -0.3 is 14.6 Å². The van der Waals surface area contributed by atoms with Crippen LogP contribution in [0.2, 0.25) is 0 Å². The summed E-state index contributed by atoms with van der Waals surface area (Å²) in [6.07, 6.45) is 0. The van der Waals surface area contributed by atoms with E-state index in [0.717, 1.165) is 15.8 Å². The van der Waals surface area contributed by atoms with E-state index >= 15 is 0 Å². The smallest absolute Gasteiger partial charge is 0.301 e. The van der Waals surface area contributed by atoms with Crippen molar-refractivity contribution >= 4 is 44.1 Å². The molecule has 1 N–H and O–H groups in total. The van der Waals surface area contributed by atoms with Gasteiger partial charge in [0.05, 0.1) is 29.5 Å². The maximum absolute atomic E-state index is 13.5. The second kappa shape index (κ2) is 9.47. The highest BCUT2D eigenvalue weighted by atomic mass is 32.1. The molecule has 1 fully saturated rings. The normalized spacial score (nSPS) is 17.1. The molecule has 0 spiro atoms. The van der Waals surface area contributed by atoms with Gasteiger partial charge in [-0.25, -0.2) is 4.98 Å². The van der Waals surface area contributed by atoms with Crippen LogP contribution in [0.5, 0.6) is 11.5 Å². The lowest BCUT2D eigenvalue weighted by atomic mass is 9.94. The summed E-state index contributed by atoms with van der Waals surface area (Å²) in [7, 11) is 1.53. The predicted molar refractivity (Wildman–Crippen MR) is 140 cm³/mol. The summed E-state index contributed by atoms with van der Waals surface area (Å²) in [4.78, 5) is 32.9. The summed E-state index contributed by atoms with van der Waals surface area (Å²) in [5, 5.41) is 11.7. The van der Waals surface area contributed by atoms with Crippen LogP contribution in [0.1, 0.15) is 29.7 Å². The summed E-state index contributed by atoms with van der Waals surface area (Å²) in [5.41, 5.74) is 2.74. The average Bonchev–Trinajstić information content (AvgIpc) is 3.41. The zero-order valence-electron chi connectivity index (χ0n) is 20.0. The molecule has 0 bridgehead atoms. The predicted octanol–water partition coefficient (Wildman–Crippen LogP) is 5.64. The summed E-state index contributed by atoms with van der Waals surface area (Å²) >= 11 is 1.32. The lowest BCUT2D eigenvalue weighted by Crippen LogP contribution is -2.29. The number of fused-ring (bicyclic) bond motifs is 1. The average molecular weight is 501 g/mol. The number of ether oxygens (including phenoxy) is 2. The van der Waals surface area contributed by atoms with Gasteiger partial charge in [-0.3, -0.25) is 14.5 Å². The van der Waals surface area contributed by atoms with Crippen LogP contribution >= 0.6 is 11.3 Å². The van der Waals surface area contributed by atoms with Gasteiger partial charge in [-0.2, -0.15) is 0 Å². The van der Waals surface area contributed by atoms with E-state index in [1.165, 1.54) is 23.3 Å². The molecular weight excluding hydrogens is 476 g/mol. The Morgan fingerprint density at radius 1 is 1.08 bits per heavy atom. The fourth-order valence-corrected chi connectivity index (χ4v) is 5.46. The van der Waals surface area contributed by atoms with Crippen LogP contribution in [-0.4, -0.2) is 35.5 Å². The van der Waals surface area contributed by atoms with E-state index < -0.39 is 17.7 Å². The highest BCUT2D eigenvalue weighted by molar-refractivity contribution is 7.22. The minimum absolute atomic E-state index is 0.0240. The Morgan fingerprint density at radius 2 is 1.83 bits per heavy atom. The van der Waals surface area contributed by atoms with Gasteiger partial charge in [-0.15, -0.1) is 0 Å². The molecule has 0 saturated carbocycles. The number of aliphatic hydroxyl groups excluding tert-OH is 1. The summed E-state index contributed by atoms with van der Waals surface area (Å²) < 4.78 is 12.0. The molecule has 182 valence electrons. The number of para-hydroxylation sites is 1. The number of carbonyl (C=O) groups excluding carboxylic acids is 2. The Hall–Kier alpha value is -4.17. The largest absolute Gasteiger partial charge is 0.507 e. The van der Waals surface area contributed by atoms with Crippen molar-refractivity contribution in [2.45, 2.75) is 19.9 Å². The van der Waals surface area contributed by atoms with Gasteiger partial charge >= 0.3 is 5.91 Å². The van der Waals surface area contributed by atoms with Crippen LogP contribution in [-0.2, 0) is 9.59 Å². The second-order valence-corrected chi connectivity index (χ2v) is 9.35. The first kappa shape index (κ1) is 23.6. The molecule has 2 heterocycles. The number of rotatable bonds is 6. The molecule has 1 aromatic heterocycles. The number of aryl methyl sites for hydroxylation is 1. The molecule has 1 aliphatic rings. The first-order valence-electron chi connectivity index (χ1n) is 11.5. The second-order valence-electron chi connectivity index (χ2n) is 8.34. The third-order valence-electron chi connectivity index (χ3n) is 6.06. The van der Waals surface area contributed by atoms with Gasteiger partial charge in [0, 0.05) is 11.1 Å². The number of thiazole rings is 1. The van der Waals surface area contributed by atoms with Crippen LogP contribution in [0.4, 0.5) is 5.13 Å². The molecular formula is C28H24N2O5S. The first-order valence-corrected chi connectivity index (χ1v) is 12.3. The van der Waals surface area contributed by atoms with E-state index in [9.17, 15) is 14.7 Å². The zero-order valence-corrected chi connectivity index (χ0v) is 20.8. The zero-order chi connectivity index (χ0) is 25.4. The molecule has 1 unspecified atom stereocenters. The molecule has 1 aliphatic heterocycles. The highest BCUT2D eigenvalue weighted by Gasteiger charge is 2.49. The number of carbonyl (C=O) groups is 2. The molecule has 7 nitrogen and oxygen atoms in total. The van der Waals surface area contributed by atoms with Crippen molar-refractivity contribution in [2.75, 3.05) is 18.6 Å². The maximum atomic E-state index is 13.5. The number of aromatic nitrogens is 1. The molecule has 0 aliphatic carbocycles. The van der Waals surface area contributed by atoms with Crippen molar-refractivity contribution in [3.8, 4) is 11.5 Å². The molecule has 5 rings (SSSR count). The number of hydrogen-bond donors (Lipinski definition) is 1. The lowest BCUT2D eigenvalue weighted by molar-refractivity contribution is -0.132. The van der Waals surface area contributed by atoms with Gasteiger partial charge in [-0.05, 0) is 61.9 Å². The number of amides is 1. The molecule has 1 amide bonds. The number of nitrogens with zero attached hydrogens (tertiary/aromatic N) is 2. The molecule has 1 saturated heterocycles. The third-order valence-corrected chi connectivity index (χ3v) is 7.07. The number of hydrogen-bond acceptors (Lipinski definition) is 7. The van der Waals surface area contributed by atoms with Crippen molar-refractivity contribution in [1.29, 1.82) is 0 Å². The maximum Gasteiger partial charge on any atom is 0.301 e. The van der Waals surface area contributed by atoms with Gasteiger partial charge in [0.2, 0.25) is 0 Å². The van der Waals surface area contributed by atoms with Crippen molar-refractivity contribution in [3.63, 3.8) is 0 Å². The first-order chi connectivity index (χ1) is 17.4. The molecule has 4 aromatic rings. The highest BCUT2D eigenvalue weighted by Crippen LogP contribution is 2.46. The Labute approximate surface area is 212 Å². The lowest BCUT2D eigenvalue weighted by Gasteiger charge is -2.24. The van der Waals surface area contributed by atoms with E-state index in [1.54, 1.807) is 48.5 Å². The Bertz CT molecular complexity index is 1510. The minimum Gasteiger partial charge on any atom is -0.507 e. The minimum atomic E-state index is -0.922. The van der Waals surface area contributed by atoms with Gasteiger partial charge in [0.15, 0.2) is 5.13 Å². The molecule has 0 radical (unpaired) electrons. The molecule has 8 heteroatoms. The summed E-state index contributed by atoms with van der Waals surface area (Å²) in [6, 6.07) is 18.8. The number of anilines is 1. The Kier molecular flexibility index (Phi) is 6.20. The van der Waals surface area contributed by atoms with E-state index in [2.05, 4.69) is 4.98 Å². The number of benzene rings is 3. The quantitative estimate of drug-likeness (QED) is 0.209. The summed E-state index contributed by atoms with van der Waals surface area (Å²) in [6.45, 7) is 4.37. The van der Waals surface area contributed by atoms with E-state index in [4.69, 9.17) is 9.47 Å². The molecule has 1 atom stereocenters. The van der Waals surface area contributed by atoms with Gasteiger partial charge in [-0.1, -0.05) is 35.6 Å². The number of ketones is 1. The van der Waals surface area contributed by atoms with Crippen LogP contribution in [0.3, 0.4) is 0 Å². The van der Waals surface area contributed by atoms with E-state index in [-0.39, 0.29) is 11.3 Å². The van der Waals surface area contributed by atoms with E-state index in [1.807, 2.05) is 32.0 Å². The fourth-order valence-electron chi connectivity index (χ4n) is 4.37. The SMILES string of the molecule is CCOc1ccc(C(O)=C2C(=O)C(=O)N(c3nc4ccc(C)cc4s3)C2c2ccccc2OC)cc1.